The van der Waals surface area contributed by atoms with Gasteiger partial charge in [0.15, 0.2) is 5.78 Å². The van der Waals surface area contributed by atoms with E-state index in [1.807, 2.05) is 37.4 Å². The van der Waals surface area contributed by atoms with E-state index >= 15 is 0 Å². The lowest BCUT2D eigenvalue weighted by Gasteiger charge is -2.29. The highest BCUT2D eigenvalue weighted by atomic mass is 16.4. The number of aromatic carboxylic acids is 1. The molecule has 0 aromatic heterocycles. The van der Waals surface area contributed by atoms with Crippen molar-refractivity contribution in [3.63, 3.8) is 0 Å². The fraction of sp³-hybridized carbons (Fsp3) is 0.143. The van der Waals surface area contributed by atoms with Gasteiger partial charge in [-0.05, 0) is 48.8 Å². The predicted molar refractivity (Wildman–Crippen MR) is 127 cm³/mol. The quantitative estimate of drug-likeness (QED) is 0.411. The fourth-order valence-electron chi connectivity index (χ4n) is 4.56. The molecule has 0 bridgehead atoms. The summed E-state index contributed by atoms with van der Waals surface area (Å²) in [5, 5.41) is 9.36. The highest BCUT2D eigenvalue weighted by Gasteiger charge is 2.41. The summed E-state index contributed by atoms with van der Waals surface area (Å²) in [4.78, 5) is 26.3. The van der Waals surface area contributed by atoms with Crippen molar-refractivity contribution in [2.24, 2.45) is 0 Å². The molecule has 32 heavy (non-hydrogen) atoms. The molecule has 0 radical (unpaired) electrons. The number of hydrogen-bond acceptors (Lipinski definition) is 3. The van der Waals surface area contributed by atoms with Crippen LogP contribution in [0.3, 0.4) is 0 Å². The smallest absolute Gasteiger partial charge is 0.336 e. The molecule has 160 valence electrons. The van der Waals surface area contributed by atoms with Crippen molar-refractivity contribution in [2.45, 2.75) is 18.8 Å². The standard InChI is InChI=1S/C28H25NO3/c1-28(19-20-11-4-3-5-12-20)23-15-8-9-16-24(23)29(2)26(28)18-10-17-25(30)21-13-6-7-14-22(21)27(31)32/h3-18H,19H2,1-2H3,(H,31,32)/b17-10+,26-18-. The number of benzene rings is 3. The zero-order valence-electron chi connectivity index (χ0n) is 18.2. The summed E-state index contributed by atoms with van der Waals surface area (Å²) in [6, 6.07) is 25.0. The number of rotatable bonds is 6. The van der Waals surface area contributed by atoms with Crippen LogP contribution in [0.2, 0.25) is 0 Å². The van der Waals surface area contributed by atoms with Gasteiger partial charge < -0.3 is 10.0 Å². The Kier molecular flexibility index (Phi) is 5.78. The second-order valence-electron chi connectivity index (χ2n) is 8.20. The van der Waals surface area contributed by atoms with Gasteiger partial charge in [0.25, 0.3) is 0 Å². The molecule has 0 spiro atoms. The van der Waals surface area contributed by atoms with Crippen LogP contribution in [-0.2, 0) is 11.8 Å². The molecule has 1 heterocycles. The molecule has 3 aromatic carbocycles. The Hall–Kier alpha value is -3.92. The molecule has 0 saturated heterocycles. The van der Waals surface area contributed by atoms with Crippen LogP contribution in [0.15, 0.2) is 103 Å². The number of para-hydroxylation sites is 1. The first-order chi connectivity index (χ1) is 15.4. The molecule has 1 atom stereocenters. The molecule has 1 N–H and O–H groups in total. The summed E-state index contributed by atoms with van der Waals surface area (Å²) in [5.41, 5.74) is 4.64. The first-order valence-electron chi connectivity index (χ1n) is 10.5. The van der Waals surface area contributed by atoms with Crippen molar-refractivity contribution in [1.82, 2.24) is 0 Å². The van der Waals surface area contributed by atoms with E-state index in [4.69, 9.17) is 0 Å². The third-order valence-corrected chi connectivity index (χ3v) is 6.11. The van der Waals surface area contributed by atoms with Crippen molar-refractivity contribution in [2.75, 3.05) is 11.9 Å². The highest BCUT2D eigenvalue weighted by molar-refractivity contribution is 6.11. The van der Waals surface area contributed by atoms with Gasteiger partial charge >= 0.3 is 5.97 Å². The van der Waals surface area contributed by atoms with Crippen molar-refractivity contribution in [3.8, 4) is 0 Å². The minimum Gasteiger partial charge on any atom is -0.478 e. The molecule has 4 heteroatoms. The molecule has 4 rings (SSSR count). The van der Waals surface area contributed by atoms with Crippen LogP contribution in [-0.4, -0.2) is 23.9 Å². The number of nitrogens with zero attached hydrogens (tertiary/aromatic N) is 1. The largest absolute Gasteiger partial charge is 0.478 e. The zero-order chi connectivity index (χ0) is 22.7. The zero-order valence-corrected chi connectivity index (χ0v) is 18.2. The molecule has 0 fully saturated rings. The lowest BCUT2D eigenvalue weighted by Crippen LogP contribution is -2.28. The maximum absolute atomic E-state index is 12.7. The minimum absolute atomic E-state index is 0.00843. The summed E-state index contributed by atoms with van der Waals surface area (Å²) in [7, 11) is 2.04. The van der Waals surface area contributed by atoms with E-state index in [0.29, 0.717) is 0 Å². The average molecular weight is 424 g/mol. The van der Waals surface area contributed by atoms with E-state index in [9.17, 15) is 14.7 Å². The maximum Gasteiger partial charge on any atom is 0.336 e. The number of fused-ring (bicyclic) bond motifs is 1. The van der Waals surface area contributed by atoms with Crippen LogP contribution in [0.5, 0.6) is 0 Å². The van der Waals surface area contributed by atoms with Gasteiger partial charge in [0.2, 0.25) is 0 Å². The van der Waals surface area contributed by atoms with E-state index in [2.05, 4.69) is 42.2 Å². The van der Waals surface area contributed by atoms with E-state index in [1.54, 1.807) is 24.3 Å². The maximum atomic E-state index is 12.7. The Morgan fingerprint density at radius 3 is 2.25 bits per heavy atom. The number of carbonyl (C=O) groups is 2. The van der Waals surface area contributed by atoms with Crippen LogP contribution in [0.1, 0.15) is 38.8 Å². The predicted octanol–water partition coefficient (Wildman–Crippen LogP) is 5.66. The molecule has 1 aliphatic heterocycles. The number of allylic oxidation sites excluding steroid dienone is 4. The van der Waals surface area contributed by atoms with Crippen molar-refractivity contribution < 1.29 is 14.7 Å². The van der Waals surface area contributed by atoms with Gasteiger partial charge in [0.05, 0.1) is 5.56 Å². The van der Waals surface area contributed by atoms with Gasteiger partial charge in [-0.2, -0.15) is 0 Å². The topological polar surface area (TPSA) is 57.6 Å². The molecule has 1 unspecified atom stereocenters. The fourth-order valence-corrected chi connectivity index (χ4v) is 4.56. The van der Waals surface area contributed by atoms with E-state index in [0.717, 1.165) is 17.8 Å². The number of carboxylic acids is 1. The summed E-state index contributed by atoms with van der Waals surface area (Å²) in [6.45, 7) is 2.23. The van der Waals surface area contributed by atoms with Crippen molar-refractivity contribution in [1.29, 1.82) is 0 Å². The van der Waals surface area contributed by atoms with Gasteiger partial charge in [-0.25, -0.2) is 4.79 Å². The molecule has 0 saturated carbocycles. The van der Waals surface area contributed by atoms with E-state index in [1.165, 1.54) is 23.3 Å². The van der Waals surface area contributed by atoms with Crippen molar-refractivity contribution >= 4 is 17.4 Å². The Morgan fingerprint density at radius 2 is 1.53 bits per heavy atom. The van der Waals surface area contributed by atoms with Crippen LogP contribution in [0.25, 0.3) is 0 Å². The SMILES string of the molecule is CN1/C(=C\C=C\C(=O)c2ccccc2C(=O)O)C(C)(Cc2ccccc2)c2ccccc21. The lowest BCUT2D eigenvalue weighted by molar-refractivity contribution is 0.0693. The van der Waals surface area contributed by atoms with Crippen LogP contribution in [0.4, 0.5) is 5.69 Å². The second-order valence-corrected chi connectivity index (χ2v) is 8.20. The van der Waals surface area contributed by atoms with E-state index < -0.39 is 5.97 Å². The minimum atomic E-state index is -1.11. The van der Waals surface area contributed by atoms with Gasteiger partial charge in [0, 0.05) is 29.4 Å². The third-order valence-electron chi connectivity index (χ3n) is 6.11. The number of hydrogen-bond donors (Lipinski definition) is 1. The first kappa shape index (κ1) is 21.3. The molecule has 4 nitrogen and oxygen atoms in total. The molecular formula is C28H25NO3. The van der Waals surface area contributed by atoms with Gasteiger partial charge in [-0.3, -0.25) is 4.79 Å². The first-order valence-corrected chi connectivity index (χ1v) is 10.5. The number of carbonyl (C=O) groups excluding carboxylic acids is 1. The molecule has 0 aliphatic carbocycles. The molecule has 0 amide bonds. The number of likely N-dealkylation sites (N-methyl/N-ethyl adjacent to an activating group) is 1. The lowest BCUT2D eigenvalue weighted by atomic mass is 9.76. The molecular weight excluding hydrogens is 398 g/mol. The summed E-state index contributed by atoms with van der Waals surface area (Å²) in [6.07, 6.45) is 5.95. The van der Waals surface area contributed by atoms with E-state index in [-0.39, 0.29) is 22.3 Å². The van der Waals surface area contributed by atoms with Crippen LogP contribution >= 0.6 is 0 Å². The van der Waals surface area contributed by atoms with Gasteiger partial charge in [-0.1, -0.05) is 72.8 Å². The number of anilines is 1. The van der Waals surface area contributed by atoms with Crippen LogP contribution in [0, 0.1) is 0 Å². The normalized spacial score (nSPS) is 18.8. The number of ketones is 1. The second kappa shape index (κ2) is 8.67. The Labute approximate surface area is 188 Å². The third kappa shape index (κ3) is 3.87. The average Bonchev–Trinajstić information content (AvgIpc) is 3.01. The highest BCUT2D eigenvalue weighted by Crippen LogP contribution is 2.48. The van der Waals surface area contributed by atoms with Crippen LogP contribution < -0.4 is 4.90 Å². The van der Waals surface area contributed by atoms with Crippen molar-refractivity contribution in [3.05, 3.63) is 125 Å². The van der Waals surface area contributed by atoms with Gasteiger partial charge in [0.1, 0.15) is 0 Å². The summed E-state index contributed by atoms with van der Waals surface area (Å²) >= 11 is 0. The Morgan fingerprint density at radius 1 is 0.906 bits per heavy atom. The Balaban J connectivity index is 1.69. The summed E-state index contributed by atoms with van der Waals surface area (Å²) < 4.78 is 0. The molecule has 1 aliphatic rings. The summed E-state index contributed by atoms with van der Waals surface area (Å²) in [5.74, 6) is -1.44. The Bertz CT molecular complexity index is 1230. The monoisotopic (exact) mass is 423 g/mol. The van der Waals surface area contributed by atoms with Gasteiger partial charge in [-0.15, -0.1) is 0 Å². The molecule has 3 aromatic rings. The number of carboxylic acid groups (broad SMARTS) is 1.